The van der Waals surface area contributed by atoms with Crippen LogP contribution in [0.3, 0.4) is 0 Å². The molecule has 0 unspecified atom stereocenters. The monoisotopic (exact) mass is 428 g/mol. The van der Waals surface area contributed by atoms with Crippen molar-refractivity contribution in [2.75, 3.05) is 0 Å². The van der Waals surface area contributed by atoms with Crippen LogP contribution in [0, 0.1) is 0 Å². The van der Waals surface area contributed by atoms with Crippen molar-refractivity contribution in [2.45, 2.75) is 55.4 Å². The number of hydrogen-bond donors (Lipinski definition) is 0. The van der Waals surface area contributed by atoms with Crippen LogP contribution in [0.4, 0.5) is 0 Å². The highest BCUT2D eigenvalue weighted by Gasteiger charge is 2.30. The van der Waals surface area contributed by atoms with Crippen LogP contribution in [-0.2, 0) is 0 Å². The smallest absolute Gasteiger partial charge is 0.194 e. The average molecular weight is 429 g/mol. The third kappa shape index (κ3) is 5.13. The molecule has 0 aromatic heterocycles. The van der Waals surface area contributed by atoms with Crippen LogP contribution in [-0.4, -0.2) is 11.6 Å². The molecule has 4 aromatic carbocycles. The van der Waals surface area contributed by atoms with Crippen LogP contribution in [0.25, 0.3) is 21.5 Å². The molecule has 0 amide bonds. The van der Waals surface area contributed by atoms with Crippen LogP contribution in [0.1, 0.15) is 87.2 Å². The third-order valence-corrected chi connectivity index (χ3v) is 4.75. The SMILES string of the molecule is CC.CC.CC.CC.O=C1c2cc3ccccc3cc2C(=O)c2cc3ccccc3cc21. The molecule has 0 saturated carbocycles. The fourth-order valence-electron chi connectivity index (χ4n) is 3.52. The molecule has 1 aliphatic carbocycles. The van der Waals surface area contributed by atoms with Crippen molar-refractivity contribution in [3.05, 3.63) is 95.1 Å². The molecule has 0 aliphatic heterocycles. The van der Waals surface area contributed by atoms with Crippen LogP contribution in [0.15, 0.2) is 72.8 Å². The number of fused-ring (bicyclic) bond motifs is 4. The number of carbonyl (C=O) groups excluding carboxylic acids is 2. The molecule has 0 heterocycles. The van der Waals surface area contributed by atoms with E-state index in [0.29, 0.717) is 22.3 Å². The first-order chi connectivity index (χ1) is 15.7. The number of rotatable bonds is 0. The molecule has 168 valence electrons. The lowest BCUT2D eigenvalue weighted by atomic mass is 9.81. The second-order valence-corrected chi connectivity index (χ2v) is 6.15. The van der Waals surface area contributed by atoms with Crippen LogP contribution in [0.2, 0.25) is 0 Å². The van der Waals surface area contributed by atoms with E-state index in [1.54, 1.807) is 0 Å². The summed E-state index contributed by atoms with van der Waals surface area (Å²) in [6, 6.07) is 22.9. The fourth-order valence-corrected chi connectivity index (χ4v) is 3.52. The minimum Gasteiger partial charge on any atom is -0.289 e. The second kappa shape index (κ2) is 13.2. The molecular formula is C30H36O2. The molecule has 0 saturated heterocycles. The predicted molar refractivity (Wildman–Crippen MR) is 140 cm³/mol. The number of ketones is 2. The lowest BCUT2D eigenvalue weighted by Gasteiger charge is -2.19. The zero-order valence-electron chi connectivity index (χ0n) is 20.7. The van der Waals surface area contributed by atoms with Gasteiger partial charge in [0.15, 0.2) is 11.6 Å². The average Bonchev–Trinajstić information content (AvgIpc) is 2.90. The highest BCUT2D eigenvalue weighted by Crippen LogP contribution is 2.32. The molecule has 0 fully saturated rings. The van der Waals surface area contributed by atoms with Crippen molar-refractivity contribution in [2.24, 2.45) is 0 Å². The largest absolute Gasteiger partial charge is 0.289 e. The summed E-state index contributed by atoms with van der Waals surface area (Å²) < 4.78 is 0. The van der Waals surface area contributed by atoms with Gasteiger partial charge in [-0.2, -0.15) is 0 Å². The van der Waals surface area contributed by atoms with E-state index in [4.69, 9.17) is 0 Å². The molecule has 4 aromatic rings. The minimum atomic E-state index is -0.0730. The topological polar surface area (TPSA) is 34.1 Å². The summed E-state index contributed by atoms with van der Waals surface area (Å²) in [6.07, 6.45) is 0. The maximum absolute atomic E-state index is 13.0. The molecule has 5 rings (SSSR count). The van der Waals surface area contributed by atoms with E-state index in [2.05, 4.69) is 0 Å². The number of carbonyl (C=O) groups is 2. The Labute approximate surface area is 193 Å². The zero-order valence-corrected chi connectivity index (χ0v) is 20.7. The highest BCUT2D eigenvalue weighted by molar-refractivity contribution is 6.30. The highest BCUT2D eigenvalue weighted by atomic mass is 16.1. The van der Waals surface area contributed by atoms with Gasteiger partial charge in [-0.1, -0.05) is 104 Å². The molecule has 32 heavy (non-hydrogen) atoms. The number of hydrogen-bond acceptors (Lipinski definition) is 2. The van der Waals surface area contributed by atoms with Gasteiger partial charge >= 0.3 is 0 Å². The standard InChI is InChI=1S/C22H12O2.4C2H6/c23-21-17-9-13-5-1-2-6-14(13)10-18(17)22(24)20-12-16-8-4-3-7-15(16)11-19(20)21;4*1-2/h1-12H;4*1-2H3. The minimum absolute atomic E-state index is 0.0730. The quantitative estimate of drug-likeness (QED) is 0.247. The van der Waals surface area contributed by atoms with E-state index in [1.165, 1.54) is 0 Å². The van der Waals surface area contributed by atoms with E-state index in [-0.39, 0.29) is 11.6 Å². The predicted octanol–water partition coefficient (Wildman–Crippen LogP) is 8.87. The normalized spacial score (nSPS) is 10.6. The first-order valence-electron chi connectivity index (χ1n) is 11.9. The molecule has 0 bridgehead atoms. The van der Waals surface area contributed by atoms with Gasteiger partial charge in [0.05, 0.1) is 0 Å². The zero-order chi connectivity index (χ0) is 24.3. The summed E-state index contributed by atoms with van der Waals surface area (Å²) in [5.41, 5.74) is 2.01. The summed E-state index contributed by atoms with van der Waals surface area (Å²) in [7, 11) is 0. The summed E-state index contributed by atoms with van der Waals surface area (Å²) in [4.78, 5) is 26.0. The van der Waals surface area contributed by atoms with Gasteiger partial charge in [-0.15, -0.1) is 0 Å². The third-order valence-electron chi connectivity index (χ3n) is 4.75. The van der Waals surface area contributed by atoms with Crippen molar-refractivity contribution in [1.29, 1.82) is 0 Å². The Bertz CT molecular complexity index is 1000. The Morgan fingerprint density at radius 1 is 0.375 bits per heavy atom. The molecule has 0 radical (unpaired) electrons. The van der Waals surface area contributed by atoms with E-state index in [9.17, 15) is 9.59 Å². The van der Waals surface area contributed by atoms with Gasteiger partial charge in [0.1, 0.15) is 0 Å². The van der Waals surface area contributed by atoms with Gasteiger partial charge < -0.3 is 0 Å². The number of benzene rings is 4. The van der Waals surface area contributed by atoms with E-state index >= 15 is 0 Å². The van der Waals surface area contributed by atoms with Gasteiger partial charge in [0, 0.05) is 22.3 Å². The maximum atomic E-state index is 13.0. The molecule has 1 aliphatic rings. The lowest BCUT2D eigenvalue weighted by molar-refractivity contribution is 0.0979. The van der Waals surface area contributed by atoms with Gasteiger partial charge in [0.25, 0.3) is 0 Å². The molecule has 0 N–H and O–H groups in total. The lowest BCUT2D eigenvalue weighted by Crippen LogP contribution is -2.20. The van der Waals surface area contributed by atoms with Crippen molar-refractivity contribution in [3.8, 4) is 0 Å². The first kappa shape index (κ1) is 26.8. The Morgan fingerprint density at radius 2 is 0.562 bits per heavy atom. The Morgan fingerprint density at radius 3 is 0.750 bits per heavy atom. The van der Waals surface area contributed by atoms with Crippen molar-refractivity contribution in [3.63, 3.8) is 0 Å². The van der Waals surface area contributed by atoms with Crippen molar-refractivity contribution < 1.29 is 9.59 Å². The summed E-state index contributed by atoms with van der Waals surface area (Å²) in [5, 5.41) is 3.89. The van der Waals surface area contributed by atoms with Crippen molar-refractivity contribution >= 4 is 33.1 Å². The van der Waals surface area contributed by atoms with Crippen LogP contribution >= 0.6 is 0 Å². The fraction of sp³-hybridized carbons (Fsp3) is 0.267. The van der Waals surface area contributed by atoms with Gasteiger partial charge in [-0.3, -0.25) is 9.59 Å². The second-order valence-electron chi connectivity index (χ2n) is 6.15. The summed E-state index contributed by atoms with van der Waals surface area (Å²) >= 11 is 0. The molecule has 2 nitrogen and oxygen atoms in total. The maximum Gasteiger partial charge on any atom is 0.194 e. The molecule has 0 spiro atoms. The molecule has 2 heteroatoms. The summed E-state index contributed by atoms with van der Waals surface area (Å²) in [5.74, 6) is -0.146. The summed E-state index contributed by atoms with van der Waals surface area (Å²) in [6.45, 7) is 16.0. The van der Waals surface area contributed by atoms with Gasteiger partial charge in [0.2, 0.25) is 0 Å². The van der Waals surface area contributed by atoms with E-state index in [0.717, 1.165) is 21.5 Å². The Hall–Kier alpha value is -3.26. The molecule has 0 atom stereocenters. The van der Waals surface area contributed by atoms with Crippen molar-refractivity contribution in [1.82, 2.24) is 0 Å². The molecular weight excluding hydrogens is 392 g/mol. The van der Waals surface area contributed by atoms with Crippen LogP contribution in [0.5, 0.6) is 0 Å². The van der Waals surface area contributed by atoms with E-state index in [1.807, 2.05) is 128 Å². The van der Waals surface area contributed by atoms with E-state index < -0.39 is 0 Å². The van der Waals surface area contributed by atoms with Crippen LogP contribution < -0.4 is 0 Å². The first-order valence-corrected chi connectivity index (χ1v) is 11.9. The Balaban J connectivity index is 0.000000581. The Kier molecular flexibility index (Phi) is 11.1. The van der Waals surface area contributed by atoms with Gasteiger partial charge in [-0.05, 0) is 45.8 Å². The van der Waals surface area contributed by atoms with Gasteiger partial charge in [-0.25, -0.2) is 0 Å².